The van der Waals surface area contributed by atoms with Crippen LogP contribution in [0.25, 0.3) is 0 Å². The Balaban J connectivity index is 1.34. The quantitative estimate of drug-likeness (QED) is 0.689. The molecule has 0 radical (unpaired) electrons. The van der Waals surface area contributed by atoms with Gasteiger partial charge in [-0.1, -0.05) is 0 Å². The monoisotopic (exact) mass is 465 g/mol. The summed E-state index contributed by atoms with van der Waals surface area (Å²) in [7, 11) is 0. The van der Waals surface area contributed by atoms with Gasteiger partial charge in [-0.25, -0.2) is 23.7 Å². The van der Waals surface area contributed by atoms with Crippen LogP contribution in [0.1, 0.15) is 43.7 Å². The van der Waals surface area contributed by atoms with Crippen molar-refractivity contribution in [3.8, 4) is 6.07 Å². The zero-order chi connectivity index (χ0) is 23.7. The molecule has 34 heavy (non-hydrogen) atoms. The molecule has 3 fully saturated rings. The number of aromatic nitrogens is 3. The summed E-state index contributed by atoms with van der Waals surface area (Å²) in [6.45, 7) is 3.90. The van der Waals surface area contributed by atoms with Crippen molar-refractivity contribution in [2.75, 3.05) is 36.0 Å². The Labute approximate surface area is 196 Å². The van der Waals surface area contributed by atoms with Gasteiger partial charge in [0.2, 0.25) is 0 Å². The minimum Gasteiger partial charge on any atom is -0.352 e. The maximum atomic E-state index is 14.4. The molecule has 2 aliphatic carbocycles. The summed E-state index contributed by atoms with van der Waals surface area (Å²) in [4.78, 5) is 31.9. The van der Waals surface area contributed by atoms with Gasteiger partial charge in [0, 0.05) is 49.4 Å². The number of anilines is 3. The number of nitrogens with zero attached hydrogens (tertiary/aromatic N) is 7. The third kappa shape index (κ3) is 3.13. The lowest BCUT2D eigenvalue weighted by Crippen LogP contribution is -2.57. The van der Waals surface area contributed by atoms with E-state index in [-0.39, 0.29) is 6.04 Å². The highest BCUT2D eigenvalue weighted by Crippen LogP contribution is 2.57. The Kier molecular flexibility index (Phi) is 4.57. The van der Waals surface area contributed by atoms with E-state index in [0.717, 1.165) is 11.4 Å². The van der Waals surface area contributed by atoms with Crippen molar-refractivity contribution in [3.05, 3.63) is 35.8 Å². The van der Waals surface area contributed by atoms with E-state index < -0.39 is 23.2 Å². The van der Waals surface area contributed by atoms with Crippen LogP contribution in [0.2, 0.25) is 0 Å². The number of rotatable bonds is 3. The predicted octanol–water partition coefficient (Wildman–Crippen LogP) is 2.80. The molecule has 1 amide bonds. The van der Waals surface area contributed by atoms with Crippen LogP contribution in [0, 0.1) is 11.3 Å². The zero-order valence-electron chi connectivity index (χ0n) is 18.9. The summed E-state index contributed by atoms with van der Waals surface area (Å²) in [5.41, 5.74) is -0.702. The predicted molar refractivity (Wildman–Crippen MR) is 120 cm³/mol. The first kappa shape index (κ1) is 21.2. The van der Waals surface area contributed by atoms with Gasteiger partial charge >= 0.3 is 0 Å². The summed E-state index contributed by atoms with van der Waals surface area (Å²) in [6.07, 6.45) is 3.59. The first-order chi connectivity index (χ1) is 16.3. The number of fused-ring (bicyclic) bond motifs is 2. The molecule has 4 aliphatic rings. The van der Waals surface area contributed by atoms with E-state index in [1.165, 1.54) is 6.33 Å². The van der Waals surface area contributed by atoms with Gasteiger partial charge in [-0.05, 0) is 44.7 Å². The number of halogens is 2. The minimum absolute atomic E-state index is 0.169. The lowest BCUT2D eigenvalue weighted by atomic mass is 9.64. The van der Waals surface area contributed by atoms with E-state index >= 15 is 0 Å². The summed E-state index contributed by atoms with van der Waals surface area (Å²) < 4.78 is 28.6. The molecule has 10 heteroatoms. The van der Waals surface area contributed by atoms with E-state index in [4.69, 9.17) is 0 Å². The van der Waals surface area contributed by atoms with Crippen LogP contribution in [-0.4, -0.2) is 69.8 Å². The highest BCUT2D eigenvalue weighted by molar-refractivity contribution is 5.88. The van der Waals surface area contributed by atoms with Crippen LogP contribution in [0.3, 0.4) is 0 Å². The van der Waals surface area contributed by atoms with Gasteiger partial charge in [0.25, 0.3) is 5.91 Å². The van der Waals surface area contributed by atoms with Gasteiger partial charge in [-0.2, -0.15) is 5.26 Å². The molecule has 1 unspecified atom stereocenters. The molecule has 1 spiro atoms. The molecule has 2 aromatic rings. The fraction of sp³-hybridized carbons (Fsp3) is 0.542. The van der Waals surface area contributed by atoms with E-state index in [9.17, 15) is 18.8 Å². The molecule has 0 bridgehead atoms. The summed E-state index contributed by atoms with van der Waals surface area (Å²) in [5.74, 6) is 1.63. The van der Waals surface area contributed by atoms with E-state index in [2.05, 4.69) is 25.9 Å². The van der Waals surface area contributed by atoms with Gasteiger partial charge < -0.3 is 14.7 Å². The smallest absolute Gasteiger partial charge is 0.260 e. The second kappa shape index (κ2) is 7.32. The maximum absolute atomic E-state index is 14.4. The highest BCUT2D eigenvalue weighted by Gasteiger charge is 2.56. The molecule has 2 aliphatic heterocycles. The van der Waals surface area contributed by atoms with Crippen LogP contribution < -0.4 is 9.80 Å². The molecular weight excluding hydrogens is 440 g/mol. The molecule has 1 saturated heterocycles. The number of amides is 1. The highest BCUT2D eigenvalue weighted by atomic mass is 19.1. The second-order valence-electron chi connectivity index (χ2n) is 10.0. The van der Waals surface area contributed by atoms with E-state index in [1.807, 2.05) is 11.8 Å². The first-order valence-electron chi connectivity index (χ1n) is 11.7. The van der Waals surface area contributed by atoms with Crippen LogP contribution in [0.4, 0.5) is 26.2 Å². The summed E-state index contributed by atoms with van der Waals surface area (Å²) >= 11 is 0. The molecule has 6 rings (SSSR count). The third-order valence-electron chi connectivity index (χ3n) is 7.69. The van der Waals surface area contributed by atoms with Crippen molar-refractivity contribution in [2.24, 2.45) is 0 Å². The van der Waals surface area contributed by atoms with Crippen molar-refractivity contribution in [3.63, 3.8) is 0 Å². The molecule has 2 saturated carbocycles. The molecule has 2 aromatic heterocycles. The standard InChI is InChI=1S/C24H25F2N7O/c1-15-12-31(6-7-32(15)22(34)24(26)3-4-24)20-19-21(30-14-29-20)33(13-23(19)9-17(25)10-23)18-8-16(11-27)2-5-28-18/h2,5,8,14-15,17H,3-4,6-7,9-10,12-13H2,1H3. The number of hydrogen-bond donors (Lipinski definition) is 0. The topological polar surface area (TPSA) is 89.2 Å². The molecule has 4 heterocycles. The Hall–Kier alpha value is -3.35. The number of carbonyl (C=O) groups is 1. The van der Waals surface area contributed by atoms with Crippen molar-refractivity contribution < 1.29 is 13.6 Å². The molecule has 0 aromatic carbocycles. The van der Waals surface area contributed by atoms with Crippen LogP contribution in [0.15, 0.2) is 24.7 Å². The molecule has 176 valence electrons. The number of pyridine rings is 1. The number of nitriles is 1. The van der Waals surface area contributed by atoms with Crippen LogP contribution in [0.5, 0.6) is 0 Å². The minimum atomic E-state index is -1.68. The first-order valence-corrected chi connectivity index (χ1v) is 11.7. The van der Waals surface area contributed by atoms with Crippen LogP contribution in [-0.2, 0) is 10.2 Å². The largest absolute Gasteiger partial charge is 0.352 e. The number of alkyl halides is 2. The number of hydrogen-bond acceptors (Lipinski definition) is 7. The van der Waals surface area contributed by atoms with Gasteiger partial charge in [-0.3, -0.25) is 4.79 Å². The lowest BCUT2D eigenvalue weighted by molar-refractivity contribution is -0.140. The molecule has 1 atom stereocenters. The maximum Gasteiger partial charge on any atom is 0.260 e. The van der Waals surface area contributed by atoms with Crippen molar-refractivity contribution in [2.45, 2.75) is 55.9 Å². The molecular formula is C24H25F2N7O. The molecule has 0 N–H and O–H groups in total. The Morgan fingerprint density at radius 1 is 1.21 bits per heavy atom. The van der Waals surface area contributed by atoms with Crippen molar-refractivity contribution >= 4 is 23.4 Å². The molecule has 8 nitrogen and oxygen atoms in total. The Morgan fingerprint density at radius 2 is 1.97 bits per heavy atom. The Bertz CT molecular complexity index is 1200. The van der Waals surface area contributed by atoms with Crippen molar-refractivity contribution in [1.82, 2.24) is 19.9 Å². The third-order valence-corrected chi connectivity index (χ3v) is 7.69. The number of carbonyl (C=O) groups excluding carboxylic acids is 1. The second-order valence-corrected chi connectivity index (χ2v) is 10.0. The fourth-order valence-corrected chi connectivity index (χ4v) is 5.72. The Morgan fingerprint density at radius 3 is 2.65 bits per heavy atom. The zero-order valence-corrected chi connectivity index (χ0v) is 18.9. The van der Waals surface area contributed by atoms with Crippen LogP contribution >= 0.6 is 0 Å². The fourth-order valence-electron chi connectivity index (χ4n) is 5.72. The average molecular weight is 466 g/mol. The van der Waals surface area contributed by atoms with Gasteiger partial charge in [0.15, 0.2) is 5.67 Å². The van der Waals surface area contributed by atoms with E-state index in [1.54, 1.807) is 23.2 Å². The van der Waals surface area contributed by atoms with E-state index in [0.29, 0.717) is 69.1 Å². The lowest BCUT2D eigenvalue weighted by Gasteiger charge is -2.45. The summed E-state index contributed by atoms with van der Waals surface area (Å²) in [6, 6.07) is 5.33. The van der Waals surface area contributed by atoms with Crippen molar-refractivity contribution in [1.29, 1.82) is 5.26 Å². The van der Waals surface area contributed by atoms with Gasteiger partial charge in [-0.15, -0.1) is 0 Å². The summed E-state index contributed by atoms with van der Waals surface area (Å²) in [5, 5.41) is 9.32. The number of piperazine rings is 1. The van der Waals surface area contributed by atoms with Gasteiger partial charge in [0.05, 0.1) is 11.6 Å². The van der Waals surface area contributed by atoms with Gasteiger partial charge in [0.1, 0.15) is 30.0 Å². The normalized spacial score (nSPS) is 28.9. The SMILES string of the molecule is CC1CN(c2ncnc3c2C2(CC(F)C2)CN3c2cc(C#N)ccn2)CCN1C(=O)C1(F)CC1. The average Bonchev–Trinajstić information content (AvgIpc) is 3.49.